The van der Waals surface area contributed by atoms with Crippen molar-refractivity contribution in [1.29, 1.82) is 0 Å². The molecule has 0 N–H and O–H groups in total. The average Bonchev–Trinajstić information content (AvgIpc) is 2.67. The van der Waals surface area contributed by atoms with E-state index < -0.39 is 17.7 Å². The highest BCUT2D eigenvalue weighted by molar-refractivity contribution is 7.99. The van der Waals surface area contributed by atoms with E-state index in [2.05, 4.69) is 4.74 Å². The van der Waals surface area contributed by atoms with E-state index in [4.69, 9.17) is 4.74 Å². The molecule has 2 nitrogen and oxygen atoms in total. The Labute approximate surface area is 94.7 Å². The second-order valence-electron chi connectivity index (χ2n) is 3.21. The molecule has 0 aliphatic carbocycles. The van der Waals surface area contributed by atoms with Crippen molar-refractivity contribution in [2.75, 3.05) is 6.79 Å². The summed E-state index contributed by atoms with van der Waals surface area (Å²) in [6.45, 7) is -0.311. The van der Waals surface area contributed by atoms with Crippen LogP contribution in [0, 0.1) is 0 Å². The van der Waals surface area contributed by atoms with Gasteiger partial charge in [-0.05, 0) is 12.1 Å². The van der Waals surface area contributed by atoms with E-state index in [1.165, 1.54) is 0 Å². The van der Waals surface area contributed by atoms with Crippen molar-refractivity contribution >= 4 is 11.8 Å². The van der Waals surface area contributed by atoms with Gasteiger partial charge in [0.15, 0.2) is 6.10 Å². The number of hydrogen-bond acceptors (Lipinski definition) is 3. The third-order valence-corrected chi connectivity index (χ3v) is 3.21. The SMILES string of the molecule is FC(F)(F)C1OCOC1Sc1ccccc1. The van der Waals surface area contributed by atoms with E-state index >= 15 is 0 Å². The summed E-state index contributed by atoms with van der Waals surface area (Å²) in [5, 5.41) is 0. The molecule has 1 fully saturated rings. The first kappa shape index (κ1) is 11.8. The fourth-order valence-electron chi connectivity index (χ4n) is 1.32. The lowest BCUT2D eigenvalue weighted by atomic mass is 10.4. The van der Waals surface area contributed by atoms with Crippen LogP contribution in [0.4, 0.5) is 13.2 Å². The largest absolute Gasteiger partial charge is 0.418 e. The number of halogens is 3. The molecule has 1 aliphatic rings. The van der Waals surface area contributed by atoms with Gasteiger partial charge in [0.25, 0.3) is 0 Å². The van der Waals surface area contributed by atoms with Gasteiger partial charge >= 0.3 is 6.18 Å². The molecule has 1 aromatic carbocycles. The monoisotopic (exact) mass is 250 g/mol. The van der Waals surface area contributed by atoms with Crippen LogP contribution in [-0.2, 0) is 9.47 Å². The molecule has 2 unspecified atom stereocenters. The van der Waals surface area contributed by atoms with Gasteiger partial charge in [-0.15, -0.1) is 0 Å². The third-order valence-electron chi connectivity index (χ3n) is 2.05. The first-order valence-corrected chi connectivity index (χ1v) is 5.47. The van der Waals surface area contributed by atoms with Crippen LogP contribution in [0.1, 0.15) is 0 Å². The summed E-state index contributed by atoms with van der Waals surface area (Å²) in [4.78, 5) is 0.729. The van der Waals surface area contributed by atoms with E-state index in [0.29, 0.717) is 0 Å². The summed E-state index contributed by atoms with van der Waals surface area (Å²) in [6.07, 6.45) is -6.24. The molecule has 0 saturated carbocycles. The molecule has 2 rings (SSSR count). The van der Waals surface area contributed by atoms with Gasteiger partial charge in [0.1, 0.15) is 12.2 Å². The Hall–Kier alpha value is -0.720. The highest BCUT2D eigenvalue weighted by Gasteiger charge is 2.50. The minimum absolute atomic E-state index is 0.311. The smallest absolute Gasteiger partial charge is 0.339 e. The summed E-state index contributed by atoms with van der Waals surface area (Å²) >= 11 is 1.02. The fraction of sp³-hybridized carbons (Fsp3) is 0.400. The fourth-order valence-corrected chi connectivity index (χ4v) is 2.39. The molecule has 0 spiro atoms. The molecule has 1 aliphatic heterocycles. The Kier molecular flexibility index (Phi) is 3.41. The van der Waals surface area contributed by atoms with Crippen LogP contribution in [0.2, 0.25) is 0 Å². The Bertz CT molecular complexity index is 342. The number of thioether (sulfide) groups is 1. The molecule has 2 atom stereocenters. The quantitative estimate of drug-likeness (QED) is 0.803. The average molecular weight is 250 g/mol. The molecular formula is C10H9F3O2S. The van der Waals surface area contributed by atoms with E-state index in [0.717, 1.165) is 16.7 Å². The maximum absolute atomic E-state index is 12.5. The van der Waals surface area contributed by atoms with Crippen molar-refractivity contribution < 1.29 is 22.6 Å². The maximum Gasteiger partial charge on any atom is 0.418 e. The summed E-state index contributed by atoms with van der Waals surface area (Å²) in [6, 6.07) is 8.80. The number of ether oxygens (including phenoxy) is 2. The highest BCUT2D eigenvalue weighted by atomic mass is 32.2. The van der Waals surface area contributed by atoms with E-state index in [9.17, 15) is 13.2 Å². The van der Waals surface area contributed by atoms with Gasteiger partial charge in [-0.25, -0.2) is 0 Å². The molecule has 1 saturated heterocycles. The standard InChI is InChI=1S/C10H9F3O2S/c11-10(12,13)8-9(15-6-14-8)16-7-4-2-1-3-5-7/h1-5,8-9H,6H2. The Morgan fingerprint density at radius 1 is 1.12 bits per heavy atom. The second-order valence-corrected chi connectivity index (χ2v) is 4.38. The molecule has 1 heterocycles. The highest BCUT2D eigenvalue weighted by Crippen LogP contribution is 2.38. The van der Waals surface area contributed by atoms with Crippen LogP contribution in [-0.4, -0.2) is 24.5 Å². The lowest BCUT2D eigenvalue weighted by Gasteiger charge is -2.18. The van der Waals surface area contributed by atoms with Gasteiger partial charge < -0.3 is 9.47 Å². The minimum Gasteiger partial charge on any atom is -0.339 e. The van der Waals surface area contributed by atoms with Crippen LogP contribution in [0.15, 0.2) is 35.2 Å². The molecule has 16 heavy (non-hydrogen) atoms. The van der Waals surface area contributed by atoms with Crippen LogP contribution < -0.4 is 0 Å². The summed E-state index contributed by atoms with van der Waals surface area (Å²) < 4.78 is 46.9. The summed E-state index contributed by atoms with van der Waals surface area (Å²) in [5.74, 6) is 0. The second kappa shape index (κ2) is 4.65. The van der Waals surface area contributed by atoms with Gasteiger partial charge in [0, 0.05) is 4.90 Å². The summed E-state index contributed by atoms with van der Waals surface area (Å²) in [7, 11) is 0. The van der Waals surface area contributed by atoms with Gasteiger partial charge in [0.2, 0.25) is 0 Å². The molecule has 6 heteroatoms. The predicted molar refractivity (Wildman–Crippen MR) is 53.0 cm³/mol. The number of alkyl halides is 3. The first-order valence-electron chi connectivity index (χ1n) is 4.59. The Morgan fingerprint density at radius 2 is 1.81 bits per heavy atom. The summed E-state index contributed by atoms with van der Waals surface area (Å²) in [5.41, 5.74) is -1.03. The van der Waals surface area contributed by atoms with Crippen molar-refractivity contribution in [2.45, 2.75) is 22.6 Å². The van der Waals surface area contributed by atoms with E-state index in [1.807, 2.05) is 0 Å². The molecule has 88 valence electrons. The molecular weight excluding hydrogens is 241 g/mol. The van der Waals surface area contributed by atoms with Gasteiger partial charge in [-0.3, -0.25) is 0 Å². The van der Waals surface area contributed by atoms with Crippen LogP contribution in [0.3, 0.4) is 0 Å². The number of benzene rings is 1. The first-order chi connectivity index (χ1) is 7.57. The van der Waals surface area contributed by atoms with Crippen molar-refractivity contribution in [1.82, 2.24) is 0 Å². The molecule has 0 amide bonds. The minimum atomic E-state index is -4.39. The van der Waals surface area contributed by atoms with E-state index in [1.54, 1.807) is 30.3 Å². The van der Waals surface area contributed by atoms with Crippen molar-refractivity contribution in [3.05, 3.63) is 30.3 Å². The molecule has 0 bridgehead atoms. The van der Waals surface area contributed by atoms with Gasteiger partial charge in [-0.1, -0.05) is 30.0 Å². The lowest BCUT2D eigenvalue weighted by molar-refractivity contribution is -0.204. The van der Waals surface area contributed by atoms with Gasteiger partial charge in [0.05, 0.1) is 0 Å². The molecule has 0 radical (unpaired) electrons. The topological polar surface area (TPSA) is 18.5 Å². The zero-order valence-corrected chi connectivity index (χ0v) is 8.92. The maximum atomic E-state index is 12.5. The normalized spacial score (nSPS) is 25.9. The van der Waals surface area contributed by atoms with Gasteiger partial charge in [-0.2, -0.15) is 13.2 Å². The van der Waals surface area contributed by atoms with Crippen molar-refractivity contribution in [3.8, 4) is 0 Å². The zero-order chi connectivity index (χ0) is 11.6. The number of hydrogen-bond donors (Lipinski definition) is 0. The Morgan fingerprint density at radius 3 is 2.44 bits per heavy atom. The third kappa shape index (κ3) is 2.69. The van der Waals surface area contributed by atoms with Crippen molar-refractivity contribution in [2.24, 2.45) is 0 Å². The predicted octanol–water partition coefficient (Wildman–Crippen LogP) is 3.04. The van der Waals surface area contributed by atoms with Crippen LogP contribution >= 0.6 is 11.8 Å². The molecule has 1 aromatic rings. The lowest BCUT2D eigenvalue weighted by Crippen LogP contribution is -2.35. The van der Waals surface area contributed by atoms with Crippen LogP contribution in [0.25, 0.3) is 0 Å². The number of rotatable bonds is 2. The van der Waals surface area contributed by atoms with E-state index in [-0.39, 0.29) is 6.79 Å². The molecule has 0 aromatic heterocycles. The zero-order valence-electron chi connectivity index (χ0n) is 8.11. The Balaban J connectivity index is 2.05. The van der Waals surface area contributed by atoms with Crippen LogP contribution in [0.5, 0.6) is 0 Å². The van der Waals surface area contributed by atoms with Crippen molar-refractivity contribution in [3.63, 3.8) is 0 Å².